The second-order valence-electron chi connectivity index (χ2n) is 7.40. The standard InChI is InChI=1S/C17H29N3/c1-13(2)12-20(15-6-7-15)16-10-14(8-9-18-16)11-19-17(3,4)5/h8-10,13,15,19H,6-7,11-12H2,1-5H3. The van der Waals surface area contributed by atoms with E-state index in [4.69, 9.17) is 0 Å². The van der Waals surface area contributed by atoms with Gasteiger partial charge in [0.25, 0.3) is 0 Å². The van der Waals surface area contributed by atoms with E-state index in [1.54, 1.807) is 0 Å². The van der Waals surface area contributed by atoms with Crippen molar-refractivity contribution in [2.45, 2.75) is 65.6 Å². The van der Waals surface area contributed by atoms with Gasteiger partial charge in [-0.05, 0) is 57.2 Å². The number of nitrogens with zero attached hydrogens (tertiary/aromatic N) is 2. The van der Waals surface area contributed by atoms with Crippen molar-refractivity contribution in [3.8, 4) is 0 Å². The molecule has 0 saturated heterocycles. The van der Waals surface area contributed by atoms with Crippen LogP contribution in [0.2, 0.25) is 0 Å². The summed E-state index contributed by atoms with van der Waals surface area (Å²) < 4.78 is 0. The fourth-order valence-corrected chi connectivity index (χ4v) is 2.30. The van der Waals surface area contributed by atoms with E-state index >= 15 is 0 Å². The minimum absolute atomic E-state index is 0.150. The molecule has 0 unspecified atom stereocenters. The monoisotopic (exact) mass is 275 g/mol. The summed E-state index contributed by atoms with van der Waals surface area (Å²) in [5, 5.41) is 3.54. The Bertz CT molecular complexity index is 430. The predicted octanol–water partition coefficient (Wildman–Crippen LogP) is 3.59. The molecular weight excluding hydrogens is 246 g/mol. The normalized spacial score (nSPS) is 15.7. The minimum Gasteiger partial charge on any atom is -0.353 e. The summed E-state index contributed by atoms with van der Waals surface area (Å²) in [6.45, 7) is 13.2. The van der Waals surface area contributed by atoms with E-state index in [2.05, 4.69) is 62.0 Å². The van der Waals surface area contributed by atoms with Crippen molar-refractivity contribution in [3.05, 3.63) is 23.9 Å². The lowest BCUT2D eigenvalue weighted by molar-refractivity contribution is 0.424. The van der Waals surface area contributed by atoms with E-state index in [0.29, 0.717) is 5.92 Å². The molecule has 1 N–H and O–H groups in total. The van der Waals surface area contributed by atoms with Gasteiger partial charge in [0, 0.05) is 30.9 Å². The van der Waals surface area contributed by atoms with Crippen LogP contribution in [0.5, 0.6) is 0 Å². The van der Waals surface area contributed by atoms with Crippen molar-refractivity contribution in [1.82, 2.24) is 10.3 Å². The fourth-order valence-electron chi connectivity index (χ4n) is 2.30. The molecule has 1 aliphatic rings. The van der Waals surface area contributed by atoms with E-state index < -0.39 is 0 Å². The number of hydrogen-bond donors (Lipinski definition) is 1. The average molecular weight is 275 g/mol. The van der Waals surface area contributed by atoms with Crippen LogP contribution in [0, 0.1) is 5.92 Å². The number of pyridine rings is 1. The summed E-state index contributed by atoms with van der Waals surface area (Å²) in [4.78, 5) is 7.09. The van der Waals surface area contributed by atoms with Crippen molar-refractivity contribution in [2.24, 2.45) is 5.92 Å². The van der Waals surface area contributed by atoms with Gasteiger partial charge in [0.2, 0.25) is 0 Å². The van der Waals surface area contributed by atoms with Gasteiger partial charge in [-0.25, -0.2) is 4.98 Å². The Balaban J connectivity index is 2.07. The second kappa shape index (κ2) is 6.13. The summed E-state index contributed by atoms with van der Waals surface area (Å²) >= 11 is 0. The summed E-state index contributed by atoms with van der Waals surface area (Å²) in [6.07, 6.45) is 4.59. The Labute approximate surface area is 123 Å². The Morgan fingerprint density at radius 3 is 2.60 bits per heavy atom. The van der Waals surface area contributed by atoms with E-state index in [-0.39, 0.29) is 5.54 Å². The SMILES string of the molecule is CC(C)CN(c1cc(CNC(C)(C)C)ccn1)C1CC1. The highest BCUT2D eigenvalue weighted by Gasteiger charge is 2.30. The Morgan fingerprint density at radius 2 is 2.05 bits per heavy atom. The Hall–Kier alpha value is -1.09. The number of aromatic nitrogens is 1. The molecule has 1 saturated carbocycles. The predicted molar refractivity (Wildman–Crippen MR) is 86.0 cm³/mol. The zero-order valence-electron chi connectivity index (χ0n) is 13.6. The van der Waals surface area contributed by atoms with Gasteiger partial charge >= 0.3 is 0 Å². The first-order valence-electron chi connectivity index (χ1n) is 7.82. The third-order valence-corrected chi connectivity index (χ3v) is 3.48. The molecule has 20 heavy (non-hydrogen) atoms. The third-order valence-electron chi connectivity index (χ3n) is 3.48. The highest BCUT2D eigenvalue weighted by atomic mass is 15.2. The van der Waals surface area contributed by atoms with Gasteiger partial charge < -0.3 is 10.2 Å². The first-order chi connectivity index (χ1) is 9.35. The lowest BCUT2D eigenvalue weighted by Crippen LogP contribution is -2.35. The number of hydrogen-bond acceptors (Lipinski definition) is 3. The first kappa shape index (κ1) is 15.3. The number of nitrogens with one attached hydrogen (secondary N) is 1. The molecule has 0 aromatic carbocycles. The average Bonchev–Trinajstić information content (AvgIpc) is 3.17. The molecule has 1 fully saturated rings. The topological polar surface area (TPSA) is 28.2 Å². The lowest BCUT2D eigenvalue weighted by Gasteiger charge is -2.26. The maximum atomic E-state index is 4.60. The molecule has 3 nitrogen and oxygen atoms in total. The van der Waals surface area contributed by atoms with Gasteiger partial charge in [-0.1, -0.05) is 13.8 Å². The molecule has 0 amide bonds. The minimum atomic E-state index is 0.150. The van der Waals surface area contributed by atoms with Crippen LogP contribution in [-0.2, 0) is 6.54 Å². The highest BCUT2D eigenvalue weighted by Crippen LogP contribution is 2.31. The van der Waals surface area contributed by atoms with Crippen LogP contribution in [0.3, 0.4) is 0 Å². The smallest absolute Gasteiger partial charge is 0.129 e. The number of rotatable bonds is 6. The quantitative estimate of drug-likeness (QED) is 0.860. The van der Waals surface area contributed by atoms with Crippen LogP contribution in [0.1, 0.15) is 53.0 Å². The van der Waals surface area contributed by atoms with Crippen LogP contribution in [0.25, 0.3) is 0 Å². The van der Waals surface area contributed by atoms with Crippen molar-refractivity contribution in [2.75, 3.05) is 11.4 Å². The molecule has 112 valence electrons. The summed E-state index contributed by atoms with van der Waals surface area (Å²) in [6, 6.07) is 5.08. The molecule has 0 radical (unpaired) electrons. The Morgan fingerprint density at radius 1 is 1.35 bits per heavy atom. The first-order valence-corrected chi connectivity index (χ1v) is 7.82. The molecule has 1 aliphatic carbocycles. The van der Waals surface area contributed by atoms with Crippen LogP contribution < -0.4 is 10.2 Å². The maximum Gasteiger partial charge on any atom is 0.129 e. The van der Waals surface area contributed by atoms with Gasteiger partial charge in [0.05, 0.1) is 0 Å². The van der Waals surface area contributed by atoms with Crippen molar-refractivity contribution in [3.63, 3.8) is 0 Å². The van der Waals surface area contributed by atoms with Crippen LogP contribution in [0.4, 0.5) is 5.82 Å². The van der Waals surface area contributed by atoms with Gasteiger partial charge in [-0.15, -0.1) is 0 Å². The largest absolute Gasteiger partial charge is 0.353 e. The zero-order chi connectivity index (χ0) is 14.8. The van der Waals surface area contributed by atoms with Gasteiger partial charge in [0.15, 0.2) is 0 Å². The molecule has 0 bridgehead atoms. The third kappa shape index (κ3) is 4.78. The fraction of sp³-hybridized carbons (Fsp3) is 0.706. The summed E-state index contributed by atoms with van der Waals surface area (Å²) in [5.41, 5.74) is 1.47. The van der Waals surface area contributed by atoms with Gasteiger partial charge in [-0.2, -0.15) is 0 Å². The van der Waals surface area contributed by atoms with Crippen LogP contribution in [0.15, 0.2) is 18.3 Å². The van der Waals surface area contributed by atoms with E-state index in [1.165, 1.54) is 18.4 Å². The molecule has 0 spiro atoms. The van der Waals surface area contributed by atoms with Crippen molar-refractivity contribution >= 4 is 5.82 Å². The zero-order valence-corrected chi connectivity index (χ0v) is 13.6. The molecule has 2 rings (SSSR count). The molecular formula is C17H29N3. The van der Waals surface area contributed by atoms with E-state index in [9.17, 15) is 0 Å². The lowest BCUT2D eigenvalue weighted by atomic mass is 10.1. The van der Waals surface area contributed by atoms with Crippen molar-refractivity contribution < 1.29 is 0 Å². The summed E-state index contributed by atoms with van der Waals surface area (Å²) in [5.74, 6) is 1.82. The molecule has 1 aromatic rings. The molecule has 1 heterocycles. The van der Waals surface area contributed by atoms with Gasteiger partial charge in [-0.3, -0.25) is 0 Å². The van der Waals surface area contributed by atoms with Crippen LogP contribution in [-0.4, -0.2) is 23.1 Å². The molecule has 3 heteroatoms. The summed E-state index contributed by atoms with van der Waals surface area (Å²) in [7, 11) is 0. The molecule has 0 atom stereocenters. The Kier molecular flexibility index (Phi) is 4.69. The molecule has 1 aromatic heterocycles. The van der Waals surface area contributed by atoms with Crippen LogP contribution >= 0.6 is 0 Å². The highest BCUT2D eigenvalue weighted by molar-refractivity contribution is 5.43. The van der Waals surface area contributed by atoms with Crippen molar-refractivity contribution in [1.29, 1.82) is 0 Å². The maximum absolute atomic E-state index is 4.60. The second-order valence-corrected chi connectivity index (χ2v) is 7.40. The van der Waals surface area contributed by atoms with E-state index in [0.717, 1.165) is 24.9 Å². The molecule has 0 aliphatic heterocycles. The van der Waals surface area contributed by atoms with E-state index in [1.807, 2.05) is 6.20 Å². The number of anilines is 1. The van der Waals surface area contributed by atoms with Gasteiger partial charge in [0.1, 0.15) is 5.82 Å².